The van der Waals surface area contributed by atoms with Gasteiger partial charge in [-0.05, 0) is 156 Å². The molecule has 1 N–H and O–H groups in total. The van der Waals surface area contributed by atoms with E-state index in [1.807, 2.05) is 0 Å². The SMILES string of the molecule is C=C(C)[C@@H]1CC[C@]2(CCCN(C)COC)CC[C@]3(C)[C@H](CC[C@@H]4[C@@]5(C)CC[C@H](OC(=O)CC(C)(C)C(=O)O)C(C)(C)[C@@H]5CC[C@]43C)[C@@H]12. The van der Waals surface area contributed by atoms with E-state index >= 15 is 0 Å². The minimum Gasteiger partial charge on any atom is -0.481 e. The molecule has 10 atom stereocenters. The second kappa shape index (κ2) is 12.7. The van der Waals surface area contributed by atoms with Gasteiger partial charge >= 0.3 is 11.9 Å². The first-order valence-corrected chi connectivity index (χ1v) is 19.0. The third kappa shape index (κ3) is 5.95. The molecule has 6 heteroatoms. The van der Waals surface area contributed by atoms with Crippen LogP contribution in [0.15, 0.2) is 12.2 Å². The third-order valence-electron chi connectivity index (χ3n) is 16.2. The zero-order valence-electron chi connectivity index (χ0n) is 31.8. The fourth-order valence-electron chi connectivity index (χ4n) is 13.5. The van der Waals surface area contributed by atoms with Crippen LogP contribution in [0.2, 0.25) is 0 Å². The summed E-state index contributed by atoms with van der Waals surface area (Å²) in [5, 5.41) is 9.59. The van der Waals surface area contributed by atoms with Crippen molar-refractivity contribution in [1.29, 1.82) is 0 Å². The Hall–Kier alpha value is -1.40. The standard InChI is InChI=1S/C41H69NO5/c1-27(2)28-15-21-41(18-12-24-42(10)26-46-11)23-22-39(8)29(34(28)41)13-14-31-38(7)19-17-32(47-33(43)25-36(3,4)35(44)45)37(5,6)30(38)16-20-40(31,39)9/h28-32,34H,1,12-26H2,2-11H3,(H,44,45)/t28-,29+,30-,31+,32-,34+,38-,39+,40+,41+/m0/s1. The highest BCUT2D eigenvalue weighted by molar-refractivity contribution is 5.81. The maximum Gasteiger partial charge on any atom is 0.309 e. The summed E-state index contributed by atoms with van der Waals surface area (Å²) in [5.41, 5.74) is 1.41. The van der Waals surface area contributed by atoms with Crippen LogP contribution < -0.4 is 0 Å². The fraction of sp³-hybridized carbons (Fsp3) is 0.902. The van der Waals surface area contributed by atoms with Crippen LogP contribution in [0.4, 0.5) is 0 Å². The number of methoxy groups -OCH3 is 1. The van der Waals surface area contributed by atoms with Gasteiger partial charge in [-0.25, -0.2) is 0 Å². The number of allylic oxidation sites excluding steroid dienone is 1. The Morgan fingerprint density at radius 2 is 1.62 bits per heavy atom. The maximum absolute atomic E-state index is 13.1. The number of hydrogen-bond acceptors (Lipinski definition) is 5. The van der Waals surface area contributed by atoms with Crippen LogP contribution in [0, 0.1) is 62.1 Å². The van der Waals surface area contributed by atoms with Crippen molar-refractivity contribution in [2.45, 2.75) is 145 Å². The predicted molar refractivity (Wildman–Crippen MR) is 189 cm³/mol. The van der Waals surface area contributed by atoms with Crippen molar-refractivity contribution >= 4 is 11.9 Å². The van der Waals surface area contributed by atoms with E-state index in [4.69, 9.17) is 9.47 Å². The van der Waals surface area contributed by atoms with E-state index in [-0.39, 0.29) is 29.3 Å². The first kappa shape index (κ1) is 36.9. The van der Waals surface area contributed by atoms with Gasteiger partial charge < -0.3 is 14.6 Å². The van der Waals surface area contributed by atoms with Crippen LogP contribution in [0.25, 0.3) is 0 Å². The molecule has 5 saturated carbocycles. The molecular formula is C41H69NO5. The molecule has 5 aliphatic rings. The molecule has 47 heavy (non-hydrogen) atoms. The van der Waals surface area contributed by atoms with Crippen molar-refractivity contribution in [2.24, 2.45) is 62.1 Å². The van der Waals surface area contributed by atoms with Crippen LogP contribution >= 0.6 is 0 Å². The number of carboxylic acid groups (broad SMARTS) is 1. The number of carbonyl (C=O) groups excluding carboxylic acids is 1. The van der Waals surface area contributed by atoms with Crippen molar-refractivity contribution in [3.8, 4) is 0 Å². The molecule has 0 aromatic heterocycles. The molecule has 0 amide bonds. The Morgan fingerprint density at radius 1 is 0.915 bits per heavy atom. The maximum atomic E-state index is 13.1. The molecular weight excluding hydrogens is 586 g/mol. The lowest BCUT2D eigenvalue weighted by atomic mass is 9.32. The minimum atomic E-state index is -1.12. The zero-order valence-corrected chi connectivity index (χ0v) is 31.8. The molecule has 268 valence electrons. The predicted octanol–water partition coefficient (Wildman–Crippen LogP) is 9.37. The van der Waals surface area contributed by atoms with E-state index in [2.05, 4.69) is 60.1 Å². The monoisotopic (exact) mass is 656 g/mol. The van der Waals surface area contributed by atoms with Gasteiger partial charge in [-0.3, -0.25) is 14.5 Å². The summed E-state index contributed by atoms with van der Waals surface area (Å²) >= 11 is 0. The number of rotatable bonds is 11. The second-order valence-corrected chi connectivity index (χ2v) is 19.4. The highest BCUT2D eigenvalue weighted by Gasteiger charge is 2.71. The number of carbonyl (C=O) groups is 2. The number of carboxylic acids is 1. The van der Waals surface area contributed by atoms with E-state index in [1.54, 1.807) is 21.0 Å². The smallest absolute Gasteiger partial charge is 0.309 e. The second-order valence-electron chi connectivity index (χ2n) is 19.4. The van der Waals surface area contributed by atoms with Crippen LogP contribution in [0.5, 0.6) is 0 Å². The molecule has 0 spiro atoms. The lowest BCUT2D eigenvalue weighted by molar-refractivity contribution is -0.250. The Balaban J connectivity index is 1.38. The summed E-state index contributed by atoms with van der Waals surface area (Å²) in [4.78, 5) is 27.1. The molecule has 0 heterocycles. The molecule has 0 bridgehead atoms. The normalized spacial score (nSPS) is 42.5. The van der Waals surface area contributed by atoms with Gasteiger partial charge in [-0.2, -0.15) is 0 Å². The van der Waals surface area contributed by atoms with Crippen LogP contribution in [0.1, 0.15) is 139 Å². The van der Waals surface area contributed by atoms with Gasteiger partial charge in [0.1, 0.15) is 6.10 Å². The van der Waals surface area contributed by atoms with Gasteiger partial charge in [-0.1, -0.05) is 46.8 Å². The summed E-state index contributed by atoms with van der Waals surface area (Å²) in [6.07, 6.45) is 14.7. The van der Waals surface area contributed by atoms with Crippen molar-refractivity contribution in [3.05, 3.63) is 12.2 Å². The number of ether oxygens (including phenoxy) is 2. The topological polar surface area (TPSA) is 76.1 Å². The van der Waals surface area contributed by atoms with Crippen molar-refractivity contribution in [2.75, 3.05) is 27.4 Å². The molecule has 6 nitrogen and oxygen atoms in total. The van der Waals surface area contributed by atoms with Gasteiger partial charge in [0, 0.05) is 19.1 Å². The van der Waals surface area contributed by atoms with E-state index in [0.717, 1.165) is 31.2 Å². The lowest BCUT2D eigenvalue weighted by Gasteiger charge is -2.73. The highest BCUT2D eigenvalue weighted by atomic mass is 16.5. The van der Waals surface area contributed by atoms with Gasteiger partial charge in [-0.15, -0.1) is 0 Å². The number of hydrogen-bond donors (Lipinski definition) is 1. The third-order valence-corrected chi connectivity index (χ3v) is 16.2. The fourth-order valence-corrected chi connectivity index (χ4v) is 13.5. The molecule has 0 unspecified atom stereocenters. The first-order chi connectivity index (χ1) is 21.8. The summed E-state index contributed by atoms with van der Waals surface area (Å²) < 4.78 is 11.6. The minimum absolute atomic E-state index is 0.0883. The summed E-state index contributed by atoms with van der Waals surface area (Å²) in [7, 11) is 3.97. The number of aliphatic carboxylic acids is 1. The molecule has 5 fully saturated rings. The van der Waals surface area contributed by atoms with Gasteiger partial charge in [0.25, 0.3) is 0 Å². The molecule has 0 aromatic rings. The molecule has 0 aromatic carbocycles. The number of fused-ring (bicyclic) bond motifs is 7. The van der Waals surface area contributed by atoms with E-state index < -0.39 is 11.4 Å². The molecule has 0 aliphatic heterocycles. The summed E-state index contributed by atoms with van der Waals surface area (Å²) in [5.74, 6) is 1.97. The van der Waals surface area contributed by atoms with E-state index in [9.17, 15) is 14.7 Å². The van der Waals surface area contributed by atoms with Gasteiger partial charge in [0.15, 0.2) is 0 Å². The summed E-state index contributed by atoms with van der Waals surface area (Å²) in [6.45, 7) is 24.6. The number of esters is 1. The largest absolute Gasteiger partial charge is 0.481 e. The highest BCUT2D eigenvalue weighted by Crippen LogP contribution is 2.78. The Bertz CT molecular complexity index is 1210. The molecule has 0 saturated heterocycles. The summed E-state index contributed by atoms with van der Waals surface area (Å²) in [6, 6.07) is 0. The van der Waals surface area contributed by atoms with Crippen molar-refractivity contribution in [3.63, 3.8) is 0 Å². The van der Waals surface area contributed by atoms with Crippen molar-refractivity contribution in [1.82, 2.24) is 4.90 Å². The van der Waals surface area contributed by atoms with Gasteiger partial charge in [0.2, 0.25) is 0 Å². The molecule has 5 rings (SSSR count). The quantitative estimate of drug-likeness (QED) is 0.136. The van der Waals surface area contributed by atoms with Crippen LogP contribution in [-0.4, -0.2) is 55.5 Å². The van der Waals surface area contributed by atoms with Gasteiger partial charge in [0.05, 0.1) is 18.6 Å². The first-order valence-electron chi connectivity index (χ1n) is 19.0. The molecule has 0 radical (unpaired) electrons. The Labute approximate surface area is 287 Å². The average Bonchev–Trinajstić information content (AvgIpc) is 3.35. The lowest BCUT2D eigenvalue weighted by Crippen LogP contribution is -2.66. The van der Waals surface area contributed by atoms with Crippen molar-refractivity contribution < 1.29 is 24.2 Å². The molecule has 5 aliphatic carbocycles. The van der Waals surface area contributed by atoms with Crippen LogP contribution in [-0.2, 0) is 19.1 Å². The zero-order chi connectivity index (χ0) is 34.8. The Morgan fingerprint density at radius 3 is 2.26 bits per heavy atom. The van der Waals surface area contributed by atoms with E-state index in [0.29, 0.717) is 40.7 Å². The van der Waals surface area contributed by atoms with E-state index in [1.165, 1.54) is 69.8 Å². The average molecular weight is 656 g/mol. The Kier molecular flexibility index (Phi) is 9.99. The number of nitrogens with zero attached hydrogens (tertiary/aromatic N) is 1. The van der Waals surface area contributed by atoms with Crippen LogP contribution in [0.3, 0.4) is 0 Å².